The molecule has 0 aromatic heterocycles. The van der Waals surface area contributed by atoms with Crippen LogP contribution in [0.1, 0.15) is 141 Å². The van der Waals surface area contributed by atoms with E-state index >= 15 is 0 Å². The Morgan fingerprint density at radius 1 is 0.714 bits per heavy atom. The summed E-state index contributed by atoms with van der Waals surface area (Å²) < 4.78 is 11.6. The Bertz CT molecular complexity index is 997. The summed E-state index contributed by atoms with van der Waals surface area (Å²) in [6.07, 6.45) is 9.03. The minimum Gasteiger partial charge on any atom is -0.461 e. The van der Waals surface area contributed by atoms with Crippen LogP contribution in [0, 0.1) is 11.8 Å². The van der Waals surface area contributed by atoms with Crippen molar-refractivity contribution in [1.29, 1.82) is 0 Å². The summed E-state index contributed by atoms with van der Waals surface area (Å²) >= 11 is 0. The molecule has 238 valence electrons. The number of hydrogen-bond donors (Lipinski definition) is 0. The smallest absolute Gasteiger partial charge is 0.338 e. The summed E-state index contributed by atoms with van der Waals surface area (Å²) in [6.45, 7) is 25.2. The second-order valence-electron chi connectivity index (χ2n) is 14.2. The zero-order chi connectivity index (χ0) is 31.3. The maximum Gasteiger partial charge on any atom is 0.338 e. The van der Waals surface area contributed by atoms with Crippen molar-refractivity contribution in [2.45, 2.75) is 143 Å². The summed E-state index contributed by atoms with van der Waals surface area (Å²) in [6, 6.07) is 6.76. The van der Waals surface area contributed by atoms with E-state index in [0.717, 1.165) is 38.5 Å². The van der Waals surface area contributed by atoms with E-state index in [9.17, 15) is 9.59 Å². The van der Waals surface area contributed by atoms with E-state index in [-0.39, 0.29) is 22.2 Å². The molecule has 42 heavy (non-hydrogen) atoms. The van der Waals surface area contributed by atoms with Crippen LogP contribution in [-0.2, 0) is 9.47 Å². The van der Waals surface area contributed by atoms with Crippen molar-refractivity contribution in [1.82, 2.24) is 9.80 Å². The van der Waals surface area contributed by atoms with Gasteiger partial charge in [0.15, 0.2) is 0 Å². The number of benzene rings is 1. The van der Waals surface area contributed by atoms with E-state index in [2.05, 4.69) is 79.0 Å². The predicted molar refractivity (Wildman–Crippen MR) is 172 cm³/mol. The third-order valence-electron chi connectivity index (χ3n) is 12.3. The quantitative estimate of drug-likeness (QED) is 0.231. The van der Waals surface area contributed by atoms with Crippen LogP contribution in [0.5, 0.6) is 0 Å². The van der Waals surface area contributed by atoms with Gasteiger partial charge in [0.1, 0.15) is 13.2 Å². The SMILES string of the molecule is CCC1(C)CCC(C)C(C)(CC)N1CCOC(=O)c1cccc(C(=O)OCCN2C(C)(CC)CCC(C)C2(C)CC)c1. The molecule has 1 aromatic rings. The Kier molecular flexibility index (Phi) is 11.4. The highest BCUT2D eigenvalue weighted by molar-refractivity contribution is 5.95. The van der Waals surface area contributed by atoms with Gasteiger partial charge in [-0.25, -0.2) is 9.59 Å². The van der Waals surface area contributed by atoms with Crippen LogP contribution in [0.3, 0.4) is 0 Å². The number of nitrogens with zero attached hydrogens (tertiary/aromatic N) is 2. The first-order valence-electron chi connectivity index (χ1n) is 16.7. The Hall–Kier alpha value is -1.92. The summed E-state index contributed by atoms with van der Waals surface area (Å²) in [7, 11) is 0. The largest absolute Gasteiger partial charge is 0.461 e. The van der Waals surface area contributed by atoms with Gasteiger partial charge in [-0.15, -0.1) is 0 Å². The molecule has 1 aromatic carbocycles. The van der Waals surface area contributed by atoms with Crippen molar-refractivity contribution in [3.05, 3.63) is 35.4 Å². The average Bonchev–Trinajstić information content (AvgIpc) is 3.00. The number of ether oxygens (including phenoxy) is 2. The maximum atomic E-state index is 13.0. The Labute approximate surface area is 256 Å². The lowest BCUT2D eigenvalue weighted by Gasteiger charge is -2.58. The molecule has 6 heteroatoms. The number of carbonyl (C=O) groups excluding carboxylic acids is 2. The molecule has 0 spiro atoms. The van der Waals surface area contributed by atoms with E-state index in [0.29, 0.717) is 49.3 Å². The Morgan fingerprint density at radius 2 is 1.10 bits per heavy atom. The lowest BCUT2D eigenvalue weighted by atomic mass is 9.69. The predicted octanol–water partition coefficient (Wildman–Crippen LogP) is 8.14. The molecule has 6 unspecified atom stereocenters. The average molecular weight is 585 g/mol. The van der Waals surface area contributed by atoms with Gasteiger partial charge in [0.2, 0.25) is 0 Å². The lowest BCUT2D eigenvalue weighted by Crippen LogP contribution is -2.64. The van der Waals surface area contributed by atoms with Crippen molar-refractivity contribution >= 4 is 11.9 Å². The normalized spacial score (nSPS) is 34.2. The van der Waals surface area contributed by atoms with Gasteiger partial charge in [-0.3, -0.25) is 9.80 Å². The molecule has 6 atom stereocenters. The molecule has 2 fully saturated rings. The monoisotopic (exact) mass is 584 g/mol. The summed E-state index contributed by atoms with van der Waals surface area (Å²) in [5.41, 5.74) is 1.12. The Balaban J connectivity index is 1.61. The first-order chi connectivity index (χ1) is 19.7. The topological polar surface area (TPSA) is 59.1 Å². The molecule has 0 radical (unpaired) electrons. The Morgan fingerprint density at radius 3 is 1.43 bits per heavy atom. The fourth-order valence-corrected chi connectivity index (χ4v) is 7.98. The van der Waals surface area contributed by atoms with E-state index < -0.39 is 11.9 Å². The van der Waals surface area contributed by atoms with Crippen molar-refractivity contribution in [3.8, 4) is 0 Å². The van der Waals surface area contributed by atoms with E-state index in [1.165, 1.54) is 12.8 Å². The molecule has 0 saturated carbocycles. The summed E-state index contributed by atoms with van der Waals surface area (Å²) in [5.74, 6) is 0.382. The molecule has 2 aliphatic heterocycles. The van der Waals surface area contributed by atoms with Gasteiger partial charge in [0.05, 0.1) is 11.1 Å². The molecule has 3 rings (SSSR count). The van der Waals surface area contributed by atoms with Gasteiger partial charge in [-0.05, 0) is 109 Å². The third kappa shape index (κ3) is 6.75. The highest BCUT2D eigenvalue weighted by Gasteiger charge is 2.49. The van der Waals surface area contributed by atoms with Gasteiger partial charge in [-0.2, -0.15) is 0 Å². The van der Waals surface area contributed by atoms with Gasteiger partial charge in [0, 0.05) is 35.2 Å². The zero-order valence-corrected chi connectivity index (χ0v) is 28.5. The molecule has 0 amide bonds. The number of likely N-dealkylation sites (tertiary alicyclic amines) is 2. The number of piperidine rings is 2. The van der Waals surface area contributed by atoms with Crippen LogP contribution in [-0.4, -0.2) is 70.2 Å². The van der Waals surface area contributed by atoms with Crippen LogP contribution < -0.4 is 0 Å². The van der Waals surface area contributed by atoms with Crippen molar-refractivity contribution in [2.75, 3.05) is 26.3 Å². The van der Waals surface area contributed by atoms with Crippen LogP contribution in [0.2, 0.25) is 0 Å². The molecule has 0 N–H and O–H groups in total. The van der Waals surface area contributed by atoms with Gasteiger partial charge in [-0.1, -0.05) is 47.6 Å². The zero-order valence-electron chi connectivity index (χ0n) is 28.5. The second kappa shape index (κ2) is 13.8. The first kappa shape index (κ1) is 34.6. The van der Waals surface area contributed by atoms with Crippen molar-refractivity contribution < 1.29 is 19.1 Å². The van der Waals surface area contributed by atoms with Gasteiger partial charge in [0.25, 0.3) is 0 Å². The van der Waals surface area contributed by atoms with Gasteiger partial charge < -0.3 is 9.47 Å². The minimum absolute atomic E-state index is 0.0778. The molecule has 2 aliphatic rings. The molecule has 2 saturated heterocycles. The first-order valence-corrected chi connectivity index (χ1v) is 16.7. The van der Waals surface area contributed by atoms with E-state index in [1.807, 2.05) is 0 Å². The van der Waals surface area contributed by atoms with Crippen LogP contribution in [0.15, 0.2) is 24.3 Å². The number of esters is 2. The van der Waals surface area contributed by atoms with E-state index in [4.69, 9.17) is 9.47 Å². The van der Waals surface area contributed by atoms with Crippen molar-refractivity contribution in [3.63, 3.8) is 0 Å². The van der Waals surface area contributed by atoms with Crippen LogP contribution in [0.4, 0.5) is 0 Å². The summed E-state index contributed by atoms with van der Waals surface area (Å²) in [4.78, 5) is 31.3. The fourth-order valence-electron chi connectivity index (χ4n) is 7.98. The van der Waals surface area contributed by atoms with Crippen LogP contribution in [0.25, 0.3) is 0 Å². The molecule has 0 bridgehead atoms. The highest BCUT2D eigenvalue weighted by atomic mass is 16.5. The van der Waals surface area contributed by atoms with Crippen LogP contribution >= 0.6 is 0 Å². The molecule has 2 heterocycles. The standard InChI is InChI=1S/C36H60N2O4/c1-11-33(7)20-18-27(5)35(9,13-3)37(33)22-24-41-31(39)29-16-15-17-30(26-29)32(40)42-25-23-38-34(8,12-2)21-19-28(6)36(38,10)14-4/h15-17,26-28H,11-14,18-25H2,1-10H3. The third-order valence-corrected chi connectivity index (χ3v) is 12.3. The minimum atomic E-state index is -0.397. The summed E-state index contributed by atoms with van der Waals surface area (Å²) in [5, 5.41) is 0. The molecular formula is C36H60N2O4. The highest BCUT2D eigenvalue weighted by Crippen LogP contribution is 2.46. The fraction of sp³-hybridized carbons (Fsp3) is 0.778. The number of carbonyl (C=O) groups is 2. The number of hydrogen-bond acceptors (Lipinski definition) is 6. The van der Waals surface area contributed by atoms with Crippen molar-refractivity contribution in [2.24, 2.45) is 11.8 Å². The molecular weight excluding hydrogens is 524 g/mol. The molecule has 6 nitrogen and oxygen atoms in total. The van der Waals surface area contributed by atoms with Gasteiger partial charge >= 0.3 is 11.9 Å². The lowest BCUT2D eigenvalue weighted by molar-refractivity contribution is -0.0898. The maximum absolute atomic E-state index is 13.0. The van der Waals surface area contributed by atoms with E-state index in [1.54, 1.807) is 24.3 Å². The number of rotatable bonds is 12. The molecule has 0 aliphatic carbocycles. The second-order valence-corrected chi connectivity index (χ2v) is 14.2.